The molecule has 33 heavy (non-hydrogen) atoms. The monoisotopic (exact) mass is 440 g/mol. The summed E-state index contributed by atoms with van der Waals surface area (Å²) in [6, 6.07) is 16.2. The van der Waals surface area contributed by atoms with Crippen molar-refractivity contribution in [2.45, 2.75) is 27.3 Å². The van der Waals surface area contributed by atoms with E-state index in [9.17, 15) is 14.4 Å². The average Bonchev–Trinajstić information content (AvgIpc) is 3.01. The predicted molar refractivity (Wildman–Crippen MR) is 127 cm³/mol. The number of imide groups is 1. The fraction of sp³-hybridized carbons (Fsp3) is 0.154. The summed E-state index contributed by atoms with van der Waals surface area (Å²) < 4.78 is 0. The molecule has 166 valence electrons. The Kier molecular flexibility index (Phi) is 6.04. The Hall–Kier alpha value is -4.26. The number of anilines is 2. The van der Waals surface area contributed by atoms with Crippen molar-refractivity contribution in [1.29, 1.82) is 0 Å². The molecule has 7 nitrogen and oxygen atoms in total. The molecular formula is C26H24N4O3. The first kappa shape index (κ1) is 22.0. The van der Waals surface area contributed by atoms with Crippen LogP contribution in [0.3, 0.4) is 0 Å². The van der Waals surface area contributed by atoms with Crippen LogP contribution in [0.5, 0.6) is 0 Å². The van der Waals surface area contributed by atoms with Gasteiger partial charge < -0.3 is 10.6 Å². The molecule has 1 aromatic heterocycles. The molecule has 0 aliphatic carbocycles. The third-order valence-corrected chi connectivity index (χ3v) is 5.53. The smallest absolute Gasteiger partial charge is 0.278 e. The quantitative estimate of drug-likeness (QED) is 0.565. The highest BCUT2D eigenvalue weighted by molar-refractivity contribution is 6.36. The second kappa shape index (κ2) is 9.08. The molecule has 0 radical (unpaired) electrons. The number of carbonyl (C=O) groups excluding carboxylic acids is 3. The van der Waals surface area contributed by atoms with E-state index in [2.05, 4.69) is 15.6 Å². The number of aromatic nitrogens is 1. The molecule has 2 N–H and O–H groups in total. The maximum Gasteiger partial charge on any atom is 0.278 e. The lowest BCUT2D eigenvalue weighted by molar-refractivity contribution is -0.137. The zero-order valence-electron chi connectivity index (χ0n) is 18.7. The van der Waals surface area contributed by atoms with Gasteiger partial charge in [-0.1, -0.05) is 18.2 Å². The summed E-state index contributed by atoms with van der Waals surface area (Å²) >= 11 is 0. The molecule has 2 heterocycles. The Bertz CT molecular complexity index is 1260. The van der Waals surface area contributed by atoms with Gasteiger partial charge in [0.1, 0.15) is 5.70 Å². The van der Waals surface area contributed by atoms with Crippen molar-refractivity contribution in [2.24, 2.45) is 0 Å². The average molecular weight is 441 g/mol. The van der Waals surface area contributed by atoms with Gasteiger partial charge in [0.15, 0.2) is 0 Å². The first-order chi connectivity index (χ1) is 15.8. The lowest BCUT2D eigenvalue weighted by atomic mass is 10.0. The number of carbonyl (C=O) groups is 3. The maximum atomic E-state index is 13.4. The Balaban J connectivity index is 1.73. The van der Waals surface area contributed by atoms with E-state index in [0.717, 1.165) is 22.4 Å². The molecule has 7 heteroatoms. The number of aryl methyl sites for hydroxylation is 2. The zero-order chi connectivity index (χ0) is 23.5. The van der Waals surface area contributed by atoms with Crippen molar-refractivity contribution < 1.29 is 14.4 Å². The maximum absolute atomic E-state index is 13.4. The summed E-state index contributed by atoms with van der Waals surface area (Å²) in [5, 5.41) is 5.89. The van der Waals surface area contributed by atoms with Crippen LogP contribution in [0.25, 0.3) is 5.57 Å². The van der Waals surface area contributed by atoms with Crippen molar-refractivity contribution in [2.75, 3.05) is 10.6 Å². The van der Waals surface area contributed by atoms with Crippen LogP contribution in [-0.4, -0.2) is 27.6 Å². The van der Waals surface area contributed by atoms with Crippen LogP contribution in [0.1, 0.15) is 29.2 Å². The fourth-order valence-corrected chi connectivity index (χ4v) is 3.66. The van der Waals surface area contributed by atoms with Crippen LogP contribution in [0.4, 0.5) is 11.4 Å². The molecule has 1 aliphatic heterocycles. The molecule has 1 aliphatic rings. The summed E-state index contributed by atoms with van der Waals surface area (Å²) in [7, 11) is 0. The zero-order valence-corrected chi connectivity index (χ0v) is 18.7. The molecule has 0 saturated carbocycles. The van der Waals surface area contributed by atoms with E-state index in [4.69, 9.17) is 0 Å². The molecule has 0 spiro atoms. The van der Waals surface area contributed by atoms with Crippen molar-refractivity contribution in [3.63, 3.8) is 0 Å². The van der Waals surface area contributed by atoms with Crippen LogP contribution in [-0.2, 0) is 20.9 Å². The number of hydrogen-bond donors (Lipinski definition) is 2. The van der Waals surface area contributed by atoms with Gasteiger partial charge in [-0.2, -0.15) is 0 Å². The summed E-state index contributed by atoms with van der Waals surface area (Å²) in [5.41, 5.74) is 5.47. The van der Waals surface area contributed by atoms with Crippen molar-refractivity contribution in [3.8, 4) is 0 Å². The summed E-state index contributed by atoms with van der Waals surface area (Å²) in [6.07, 6.45) is 3.26. The van der Waals surface area contributed by atoms with Crippen molar-refractivity contribution in [1.82, 2.24) is 9.88 Å². The second-order valence-electron chi connectivity index (χ2n) is 7.98. The topological polar surface area (TPSA) is 91.4 Å². The Labute approximate surface area is 192 Å². The molecule has 0 saturated heterocycles. The largest absolute Gasteiger partial charge is 0.350 e. The normalized spacial score (nSPS) is 13.5. The third-order valence-electron chi connectivity index (χ3n) is 5.53. The minimum atomic E-state index is -0.393. The number of amides is 3. The molecular weight excluding hydrogens is 416 g/mol. The highest BCUT2D eigenvalue weighted by Crippen LogP contribution is 2.32. The SMILES string of the molecule is CC(=O)Nc1ccc(C2=C(Nc3ccc(C)c(C)c3)C(=O)N(Cc3ccncc3)C2=O)cc1. The van der Waals surface area contributed by atoms with E-state index in [1.54, 1.807) is 48.8 Å². The molecule has 2 aromatic carbocycles. The molecule has 0 fully saturated rings. The Morgan fingerprint density at radius 2 is 1.55 bits per heavy atom. The Morgan fingerprint density at radius 1 is 0.879 bits per heavy atom. The van der Waals surface area contributed by atoms with Gasteiger partial charge in [-0.3, -0.25) is 24.3 Å². The molecule has 0 unspecified atom stereocenters. The van der Waals surface area contributed by atoms with Gasteiger partial charge in [0.2, 0.25) is 5.91 Å². The molecule has 3 aromatic rings. The van der Waals surface area contributed by atoms with E-state index in [1.807, 2.05) is 32.0 Å². The van der Waals surface area contributed by atoms with E-state index in [-0.39, 0.29) is 24.1 Å². The molecule has 0 atom stereocenters. The van der Waals surface area contributed by atoms with Crippen molar-refractivity contribution in [3.05, 3.63) is 94.9 Å². The van der Waals surface area contributed by atoms with Crippen LogP contribution >= 0.6 is 0 Å². The van der Waals surface area contributed by atoms with Crippen LogP contribution in [0, 0.1) is 13.8 Å². The lowest BCUT2D eigenvalue weighted by Crippen LogP contribution is -2.32. The molecule has 4 rings (SSSR count). The number of nitrogens with zero attached hydrogens (tertiary/aromatic N) is 2. The van der Waals surface area contributed by atoms with Gasteiger partial charge in [-0.05, 0) is 72.5 Å². The standard InChI is InChI=1S/C26H24N4O3/c1-16-4-7-22(14-17(16)2)29-24-23(20-5-8-21(9-6-20)28-18(3)31)25(32)30(26(24)33)15-19-10-12-27-13-11-19/h4-14,29H,15H2,1-3H3,(H,28,31). The highest BCUT2D eigenvalue weighted by Gasteiger charge is 2.39. The Morgan fingerprint density at radius 3 is 2.18 bits per heavy atom. The van der Waals surface area contributed by atoms with Gasteiger partial charge >= 0.3 is 0 Å². The summed E-state index contributed by atoms with van der Waals surface area (Å²) in [6.45, 7) is 5.58. The predicted octanol–water partition coefficient (Wildman–Crippen LogP) is 4.05. The van der Waals surface area contributed by atoms with Gasteiger partial charge in [0.25, 0.3) is 11.8 Å². The van der Waals surface area contributed by atoms with Crippen LogP contribution in [0.15, 0.2) is 72.7 Å². The molecule has 3 amide bonds. The summed E-state index contributed by atoms with van der Waals surface area (Å²) in [5.74, 6) is -0.957. The second-order valence-corrected chi connectivity index (χ2v) is 7.98. The van der Waals surface area contributed by atoms with E-state index in [0.29, 0.717) is 16.8 Å². The highest BCUT2D eigenvalue weighted by atomic mass is 16.2. The third kappa shape index (κ3) is 4.67. The number of rotatable bonds is 6. The van der Waals surface area contributed by atoms with Gasteiger partial charge in [0, 0.05) is 30.7 Å². The van der Waals surface area contributed by atoms with E-state index < -0.39 is 5.91 Å². The van der Waals surface area contributed by atoms with Crippen molar-refractivity contribution >= 4 is 34.7 Å². The van der Waals surface area contributed by atoms with Gasteiger partial charge in [0.05, 0.1) is 12.1 Å². The minimum Gasteiger partial charge on any atom is -0.350 e. The van der Waals surface area contributed by atoms with Gasteiger partial charge in [-0.25, -0.2) is 0 Å². The number of hydrogen-bond acceptors (Lipinski definition) is 5. The van der Waals surface area contributed by atoms with Crippen LogP contribution in [0.2, 0.25) is 0 Å². The van der Waals surface area contributed by atoms with Gasteiger partial charge in [-0.15, -0.1) is 0 Å². The summed E-state index contributed by atoms with van der Waals surface area (Å²) in [4.78, 5) is 43.4. The first-order valence-corrected chi connectivity index (χ1v) is 10.5. The lowest BCUT2D eigenvalue weighted by Gasteiger charge is -2.15. The van der Waals surface area contributed by atoms with E-state index >= 15 is 0 Å². The minimum absolute atomic E-state index is 0.145. The number of benzene rings is 2. The fourth-order valence-electron chi connectivity index (χ4n) is 3.66. The first-order valence-electron chi connectivity index (χ1n) is 10.5. The number of nitrogens with one attached hydrogen (secondary N) is 2. The van der Waals surface area contributed by atoms with E-state index in [1.165, 1.54) is 11.8 Å². The molecule has 0 bridgehead atoms. The number of pyridine rings is 1. The van der Waals surface area contributed by atoms with Crippen LogP contribution < -0.4 is 10.6 Å².